The molecule has 166 valence electrons. The Kier molecular flexibility index (Phi) is 8.26. The van der Waals surface area contributed by atoms with Crippen molar-refractivity contribution in [2.75, 3.05) is 25.1 Å². The average molecular weight is 459 g/mol. The highest BCUT2D eigenvalue weighted by Crippen LogP contribution is 2.38. The maximum atomic E-state index is 13.0. The molecular weight excluding hydrogens is 441 g/mol. The lowest BCUT2D eigenvalue weighted by Crippen LogP contribution is -2.32. The number of rotatable bonds is 8. The zero-order chi connectivity index (χ0) is 23.0. The zero-order valence-electron chi connectivity index (χ0n) is 16.2. The van der Waals surface area contributed by atoms with Gasteiger partial charge in [0.15, 0.2) is 6.61 Å². The van der Waals surface area contributed by atoms with E-state index < -0.39 is 48.4 Å². The average Bonchev–Trinajstić information content (AvgIpc) is 2.72. The van der Waals surface area contributed by atoms with E-state index in [-0.39, 0.29) is 10.6 Å². The molecule has 0 spiro atoms. The highest BCUT2D eigenvalue weighted by atomic mass is 35.5. The van der Waals surface area contributed by atoms with Gasteiger partial charge in [0.25, 0.3) is 11.8 Å². The molecule has 0 fully saturated rings. The Morgan fingerprint density at radius 2 is 1.74 bits per heavy atom. The van der Waals surface area contributed by atoms with Crippen LogP contribution in [0.25, 0.3) is 0 Å². The standard InChI is InChI=1S/C20H18ClF3N2O5/c1-2-30-13-8-6-12(7-9-13)19(29)25-10-17(28)31-11-16(27)26-18-14(20(22,23)24)4-3-5-15(18)21/h3-9H,2,10-11H2,1H3,(H,25,29)(H,26,27). The zero-order valence-corrected chi connectivity index (χ0v) is 17.0. The van der Waals surface area contributed by atoms with Crippen LogP contribution in [-0.4, -0.2) is 37.5 Å². The molecule has 0 unspecified atom stereocenters. The van der Waals surface area contributed by atoms with Crippen molar-refractivity contribution in [2.24, 2.45) is 0 Å². The van der Waals surface area contributed by atoms with E-state index in [4.69, 9.17) is 16.3 Å². The molecule has 0 bridgehead atoms. The Bertz CT molecular complexity index is 949. The van der Waals surface area contributed by atoms with Gasteiger partial charge in [-0.05, 0) is 43.3 Å². The summed E-state index contributed by atoms with van der Waals surface area (Å²) >= 11 is 5.73. The highest BCUT2D eigenvalue weighted by molar-refractivity contribution is 6.34. The van der Waals surface area contributed by atoms with E-state index in [1.807, 2.05) is 12.2 Å². The molecule has 2 N–H and O–H groups in total. The minimum atomic E-state index is -4.74. The number of alkyl halides is 3. The van der Waals surface area contributed by atoms with Crippen LogP contribution in [0.3, 0.4) is 0 Å². The Morgan fingerprint density at radius 3 is 2.35 bits per heavy atom. The first-order valence-electron chi connectivity index (χ1n) is 8.94. The fourth-order valence-electron chi connectivity index (χ4n) is 2.38. The maximum absolute atomic E-state index is 13.0. The monoisotopic (exact) mass is 458 g/mol. The largest absolute Gasteiger partial charge is 0.494 e. The Morgan fingerprint density at radius 1 is 1.06 bits per heavy atom. The van der Waals surface area contributed by atoms with Gasteiger partial charge in [0.1, 0.15) is 12.3 Å². The number of benzene rings is 2. The lowest BCUT2D eigenvalue weighted by molar-refractivity contribution is -0.146. The van der Waals surface area contributed by atoms with E-state index in [0.717, 1.165) is 12.1 Å². The van der Waals surface area contributed by atoms with Gasteiger partial charge in [0.05, 0.1) is 22.9 Å². The van der Waals surface area contributed by atoms with E-state index in [1.165, 1.54) is 18.2 Å². The fraction of sp³-hybridized carbons (Fsp3) is 0.250. The minimum Gasteiger partial charge on any atom is -0.494 e. The number of nitrogens with one attached hydrogen (secondary N) is 2. The van der Waals surface area contributed by atoms with E-state index in [0.29, 0.717) is 12.4 Å². The van der Waals surface area contributed by atoms with Gasteiger partial charge in [-0.15, -0.1) is 0 Å². The summed E-state index contributed by atoms with van der Waals surface area (Å²) in [4.78, 5) is 35.6. The molecule has 0 aliphatic rings. The summed E-state index contributed by atoms with van der Waals surface area (Å²) in [6.45, 7) is 0.884. The van der Waals surface area contributed by atoms with Crippen LogP contribution < -0.4 is 15.4 Å². The van der Waals surface area contributed by atoms with Crippen molar-refractivity contribution in [2.45, 2.75) is 13.1 Å². The topological polar surface area (TPSA) is 93.7 Å². The van der Waals surface area contributed by atoms with E-state index in [2.05, 4.69) is 10.1 Å². The minimum absolute atomic E-state index is 0.271. The normalized spacial score (nSPS) is 10.9. The Labute approximate surface area is 180 Å². The summed E-state index contributed by atoms with van der Waals surface area (Å²) in [7, 11) is 0. The second kappa shape index (κ2) is 10.7. The number of para-hydroxylation sites is 1. The number of hydrogen-bond donors (Lipinski definition) is 2. The first-order valence-corrected chi connectivity index (χ1v) is 9.32. The third-order valence-electron chi connectivity index (χ3n) is 3.77. The smallest absolute Gasteiger partial charge is 0.418 e. The molecular formula is C20H18ClF3N2O5. The number of ether oxygens (including phenoxy) is 2. The van der Waals surface area contributed by atoms with Crippen molar-refractivity contribution in [3.05, 3.63) is 58.6 Å². The number of hydrogen-bond acceptors (Lipinski definition) is 5. The second-order valence-corrected chi connectivity index (χ2v) is 6.42. The van der Waals surface area contributed by atoms with Crippen LogP contribution in [-0.2, 0) is 20.5 Å². The van der Waals surface area contributed by atoms with Gasteiger partial charge in [0.2, 0.25) is 0 Å². The van der Waals surface area contributed by atoms with E-state index in [1.54, 1.807) is 12.1 Å². The van der Waals surface area contributed by atoms with Crippen LogP contribution in [0.4, 0.5) is 18.9 Å². The molecule has 0 heterocycles. The molecule has 0 atom stereocenters. The van der Waals surface area contributed by atoms with Crippen molar-refractivity contribution in [3.8, 4) is 5.75 Å². The SMILES string of the molecule is CCOc1ccc(C(=O)NCC(=O)OCC(=O)Nc2c(Cl)cccc2C(F)(F)F)cc1. The van der Waals surface area contributed by atoms with Crippen LogP contribution >= 0.6 is 11.6 Å². The highest BCUT2D eigenvalue weighted by Gasteiger charge is 2.34. The molecule has 2 amide bonds. The number of amides is 2. The van der Waals surface area contributed by atoms with E-state index in [9.17, 15) is 27.6 Å². The molecule has 0 aliphatic carbocycles. The third-order valence-corrected chi connectivity index (χ3v) is 4.08. The predicted molar refractivity (Wildman–Crippen MR) is 106 cm³/mol. The van der Waals surface area contributed by atoms with Gasteiger partial charge in [-0.25, -0.2) is 0 Å². The van der Waals surface area contributed by atoms with Crippen LogP contribution in [0.5, 0.6) is 5.75 Å². The van der Waals surface area contributed by atoms with Crippen molar-refractivity contribution in [1.29, 1.82) is 0 Å². The third kappa shape index (κ3) is 7.18. The van der Waals surface area contributed by atoms with Crippen molar-refractivity contribution in [1.82, 2.24) is 5.32 Å². The fourth-order valence-corrected chi connectivity index (χ4v) is 2.61. The molecule has 2 aromatic carbocycles. The van der Waals surface area contributed by atoms with Gasteiger partial charge < -0.3 is 20.1 Å². The second-order valence-electron chi connectivity index (χ2n) is 6.01. The number of anilines is 1. The Balaban J connectivity index is 1.84. The number of carbonyl (C=O) groups excluding carboxylic acids is 3. The molecule has 0 aromatic heterocycles. The summed E-state index contributed by atoms with van der Waals surface area (Å²) in [5.74, 6) is -1.96. The molecule has 11 heteroatoms. The number of halogens is 4. The van der Waals surface area contributed by atoms with Gasteiger partial charge in [-0.2, -0.15) is 13.2 Å². The maximum Gasteiger partial charge on any atom is 0.418 e. The summed E-state index contributed by atoms with van der Waals surface area (Å²) in [5, 5.41) is 3.96. The summed E-state index contributed by atoms with van der Waals surface area (Å²) < 4.78 is 49.0. The van der Waals surface area contributed by atoms with Crippen molar-refractivity contribution in [3.63, 3.8) is 0 Å². The Hall–Kier alpha value is -3.27. The van der Waals surface area contributed by atoms with Crippen LogP contribution in [0, 0.1) is 0 Å². The van der Waals surface area contributed by atoms with Gasteiger partial charge in [0, 0.05) is 5.56 Å². The first-order chi connectivity index (χ1) is 14.6. The van der Waals surface area contributed by atoms with Gasteiger partial charge >= 0.3 is 12.1 Å². The summed E-state index contributed by atoms with van der Waals surface area (Å²) in [5.41, 5.74) is -1.50. The molecule has 0 aliphatic heterocycles. The molecule has 0 saturated carbocycles. The molecule has 0 saturated heterocycles. The molecule has 0 radical (unpaired) electrons. The van der Waals surface area contributed by atoms with Crippen molar-refractivity contribution < 1.29 is 37.0 Å². The van der Waals surface area contributed by atoms with Crippen molar-refractivity contribution >= 4 is 35.1 Å². The van der Waals surface area contributed by atoms with Crippen LogP contribution in [0.1, 0.15) is 22.8 Å². The van der Waals surface area contributed by atoms with E-state index >= 15 is 0 Å². The first kappa shape index (κ1) is 24.0. The predicted octanol–water partition coefficient (Wildman–Crippen LogP) is 3.67. The number of carbonyl (C=O) groups is 3. The molecule has 31 heavy (non-hydrogen) atoms. The molecule has 2 aromatic rings. The summed E-state index contributed by atoms with van der Waals surface area (Å²) in [6, 6.07) is 9.20. The van der Waals surface area contributed by atoms with Crippen LogP contribution in [0.2, 0.25) is 5.02 Å². The van der Waals surface area contributed by atoms with Gasteiger partial charge in [-0.3, -0.25) is 14.4 Å². The lowest BCUT2D eigenvalue weighted by Gasteiger charge is -2.15. The molecule has 2 rings (SSSR count). The lowest BCUT2D eigenvalue weighted by atomic mass is 10.1. The number of esters is 1. The molecule has 7 nitrogen and oxygen atoms in total. The summed E-state index contributed by atoms with van der Waals surface area (Å²) in [6.07, 6.45) is -4.74. The quantitative estimate of drug-likeness (QED) is 0.589. The van der Waals surface area contributed by atoms with Gasteiger partial charge in [-0.1, -0.05) is 17.7 Å². The van der Waals surface area contributed by atoms with Crippen LogP contribution in [0.15, 0.2) is 42.5 Å².